The topological polar surface area (TPSA) is 78.9 Å². The minimum Gasteiger partial charge on any atom is -0.480 e. The molecule has 1 heterocycles. The maximum absolute atomic E-state index is 12.0. The third-order valence-electron chi connectivity index (χ3n) is 3.20. The van der Waals surface area contributed by atoms with Gasteiger partial charge < -0.3 is 20.1 Å². The molecule has 1 aliphatic rings. The predicted octanol–water partition coefficient (Wildman–Crippen LogP) is 1.45. The second-order valence-corrected chi connectivity index (χ2v) is 6.05. The molecule has 0 bridgehead atoms. The van der Waals surface area contributed by atoms with Crippen LogP contribution in [0.1, 0.15) is 40.5 Å². The first kappa shape index (κ1) is 15.8. The van der Waals surface area contributed by atoms with Gasteiger partial charge >= 0.3 is 12.0 Å². The van der Waals surface area contributed by atoms with E-state index in [4.69, 9.17) is 9.84 Å². The molecule has 0 unspecified atom stereocenters. The van der Waals surface area contributed by atoms with Gasteiger partial charge in [-0.2, -0.15) is 0 Å². The first-order valence-electron chi connectivity index (χ1n) is 6.60. The zero-order valence-electron chi connectivity index (χ0n) is 12.2. The second-order valence-electron chi connectivity index (χ2n) is 6.05. The highest BCUT2D eigenvalue weighted by atomic mass is 16.5. The summed E-state index contributed by atoms with van der Waals surface area (Å²) >= 11 is 0. The molecule has 6 nitrogen and oxygen atoms in total. The van der Waals surface area contributed by atoms with Crippen molar-refractivity contribution in [3.05, 3.63) is 0 Å². The minimum atomic E-state index is -0.992. The quantitative estimate of drug-likeness (QED) is 0.767. The number of rotatable bonds is 6. The molecule has 1 fully saturated rings. The number of likely N-dealkylation sites (tertiary alicyclic amines) is 1. The maximum Gasteiger partial charge on any atom is 0.329 e. The van der Waals surface area contributed by atoms with Crippen molar-refractivity contribution < 1.29 is 19.4 Å². The fourth-order valence-corrected chi connectivity index (χ4v) is 2.29. The number of urea groups is 1. The highest BCUT2D eigenvalue weighted by Gasteiger charge is 2.43. The van der Waals surface area contributed by atoms with Crippen LogP contribution in [0.3, 0.4) is 0 Å². The van der Waals surface area contributed by atoms with Crippen LogP contribution in [0, 0.1) is 0 Å². The molecule has 0 atom stereocenters. The van der Waals surface area contributed by atoms with Crippen molar-refractivity contribution >= 4 is 12.0 Å². The van der Waals surface area contributed by atoms with Crippen LogP contribution in [0.25, 0.3) is 0 Å². The zero-order chi connectivity index (χ0) is 14.7. The van der Waals surface area contributed by atoms with Crippen LogP contribution >= 0.6 is 0 Å². The van der Waals surface area contributed by atoms with Crippen molar-refractivity contribution in [1.29, 1.82) is 0 Å². The number of carboxylic acid groups (broad SMARTS) is 1. The summed E-state index contributed by atoms with van der Waals surface area (Å²) in [6, 6.07) is -0.116. The molecule has 6 heteroatoms. The number of aliphatic carboxylic acids is 1. The number of carbonyl (C=O) groups excluding carboxylic acids is 1. The summed E-state index contributed by atoms with van der Waals surface area (Å²) in [6.45, 7) is 8.41. The van der Waals surface area contributed by atoms with Crippen molar-refractivity contribution in [2.75, 3.05) is 19.7 Å². The second kappa shape index (κ2) is 5.77. The van der Waals surface area contributed by atoms with E-state index in [0.717, 1.165) is 12.8 Å². The molecule has 0 radical (unpaired) electrons. The van der Waals surface area contributed by atoms with Gasteiger partial charge in [0.15, 0.2) is 0 Å². The SMILES string of the molecule is CCCC(C)(C)NC(=O)N1CC(C)(OCC(=O)O)C1. The van der Waals surface area contributed by atoms with Gasteiger partial charge in [-0.25, -0.2) is 9.59 Å². The Bertz CT molecular complexity index is 349. The van der Waals surface area contributed by atoms with E-state index >= 15 is 0 Å². The zero-order valence-corrected chi connectivity index (χ0v) is 12.2. The van der Waals surface area contributed by atoms with E-state index in [2.05, 4.69) is 12.2 Å². The van der Waals surface area contributed by atoms with Gasteiger partial charge in [-0.3, -0.25) is 0 Å². The number of nitrogens with one attached hydrogen (secondary N) is 1. The van der Waals surface area contributed by atoms with Crippen LogP contribution in [-0.2, 0) is 9.53 Å². The lowest BCUT2D eigenvalue weighted by molar-refractivity contribution is -0.159. The van der Waals surface area contributed by atoms with Crippen LogP contribution in [0.2, 0.25) is 0 Å². The summed E-state index contributed by atoms with van der Waals surface area (Å²) in [5.41, 5.74) is -0.760. The van der Waals surface area contributed by atoms with Gasteiger partial charge in [-0.05, 0) is 27.2 Å². The minimum absolute atomic E-state index is 0.116. The summed E-state index contributed by atoms with van der Waals surface area (Å²) < 4.78 is 5.26. The molecule has 19 heavy (non-hydrogen) atoms. The molecule has 2 N–H and O–H groups in total. The van der Waals surface area contributed by atoms with Crippen LogP contribution in [0.5, 0.6) is 0 Å². The lowest BCUT2D eigenvalue weighted by Crippen LogP contribution is -2.66. The van der Waals surface area contributed by atoms with Crippen molar-refractivity contribution in [1.82, 2.24) is 10.2 Å². The maximum atomic E-state index is 12.0. The Labute approximate surface area is 114 Å². The Kier molecular flexibility index (Phi) is 4.79. The smallest absolute Gasteiger partial charge is 0.329 e. The molecule has 2 amide bonds. The van der Waals surface area contributed by atoms with Gasteiger partial charge in [0.2, 0.25) is 0 Å². The third kappa shape index (κ3) is 4.70. The molecule has 0 aromatic heterocycles. The van der Waals surface area contributed by atoms with Gasteiger partial charge in [0.25, 0.3) is 0 Å². The Balaban J connectivity index is 2.37. The van der Waals surface area contributed by atoms with E-state index in [1.54, 1.807) is 4.90 Å². The van der Waals surface area contributed by atoms with Crippen molar-refractivity contribution in [2.45, 2.75) is 51.7 Å². The number of hydrogen-bond donors (Lipinski definition) is 2. The van der Waals surface area contributed by atoms with E-state index in [-0.39, 0.29) is 18.2 Å². The van der Waals surface area contributed by atoms with Gasteiger partial charge in [0, 0.05) is 5.54 Å². The number of nitrogens with zero attached hydrogens (tertiary/aromatic N) is 1. The number of hydrogen-bond acceptors (Lipinski definition) is 3. The molecule has 110 valence electrons. The summed E-state index contributed by atoms with van der Waals surface area (Å²) in [5.74, 6) is -0.992. The normalized spacial score (nSPS) is 17.8. The molecule has 0 aliphatic carbocycles. The number of amides is 2. The first-order valence-corrected chi connectivity index (χ1v) is 6.60. The van der Waals surface area contributed by atoms with Crippen LogP contribution in [-0.4, -0.2) is 52.8 Å². The van der Waals surface area contributed by atoms with Crippen molar-refractivity contribution in [2.24, 2.45) is 0 Å². The number of carboxylic acids is 1. The third-order valence-corrected chi connectivity index (χ3v) is 3.20. The Morgan fingerprint density at radius 3 is 2.47 bits per heavy atom. The highest BCUT2D eigenvalue weighted by molar-refractivity contribution is 5.76. The van der Waals surface area contributed by atoms with Gasteiger partial charge in [0.05, 0.1) is 13.1 Å². The molecule has 1 saturated heterocycles. The molecule has 0 saturated carbocycles. The lowest BCUT2D eigenvalue weighted by atomic mass is 9.96. The fraction of sp³-hybridized carbons (Fsp3) is 0.846. The molecule has 1 rings (SSSR count). The Morgan fingerprint density at radius 1 is 1.42 bits per heavy atom. The summed E-state index contributed by atoms with van der Waals surface area (Å²) in [6.07, 6.45) is 1.92. The molecular weight excluding hydrogens is 248 g/mol. The average molecular weight is 272 g/mol. The van der Waals surface area contributed by atoms with E-state index in [0.29, 0.717) is 13.1 Å². The lowest BCUT2D eigenvalue weighted by Gasteiger charge is -2.47. The number of ether oxygens (including phenoxy) is 1. The summed E-state index contributed by atoms with van der Waals surface area (Å²) in [4.78, 5) is 24.1. The number of carbonyl (C=O) groups is 2. The molecular formula is C13H24N2O4. The van der Waals surface area contributed by atoms with Crippen molar-refractivity contribution in [3.63, 3.8) is 0 Å². The molecule has 1 aliphatic heterocycles. The molecule has 0 aromatic carbocycles. The Hall–Kier alpha value is -1.30. The van der Waals surface area contributed by atoms with E-state index in [1.807, 2.05) is 20.8 Å². The van der Waals surface area contributed by atoms with Crippen LogP contribution in [0.15, 0.2) is 0 Å². The Morgan fingerprint density at radius 2 is 2.00 bits per heavy atom. The molecule has 0 spiro atoms. The largest absolute Gasteiger partial charge is 0.480 e. The first-order chi connectivity index (χ1) is 8.67. The standard InChI is InChI=1S/C13H24N2O4/c1-5-6-12(2,3)14-11(18)15-8-13(4,9-15)19-7-10(16)17/h5-9H2,1-4H3,(H,14,18)(H,16,17). The van der Waals surface area contributed by atoms with Gasteiger partial charge in [0.1, 0.15) is 12.2 Å². The highest BCUT2D eigenvalue weighted by Crippen LogP contribution is 2.25. The van der Waals surface area contributed by atoms with Crippen molar-refractivity contribution in [3.8, 4) is 0 Å². The van der Waals surface area contributed by atoms with E-state index in [1.165, 1.54) is 0 Å². The monoisotopic (exact) mass is 272 g/mol. The average Bonchev–Trinajstić information content (AvgIpc) is 2.21. The van der Waals surface area contributed by atoms with Crippen LogP contribution in [0.4, 0.5) is 4.79 Å². The summed E-state index contributed by atoms with van der Waals surface area (Å²) in [7, 11) is 0. The van der Waals surface area contributed by atoms with E-state index in [9.17, 15) is 9.59 Å². The fourth-order valence-electron chi connectivity index (χ4n) is 2.29. The van der Waals surface area contributed by atoms with Gasteiger partial charge in [-0.1, -0.05) is 13.3 Å². The van der Waals surface area contributed by atoms with E-state index < -0.39 is 11.6 Å². The summed E-state index contributed by atoms with van der Waals surface area (Å²) in [5, 5.41) is 11.5. The van der Waals surface area contributed by atoms with Crippen LogP contribution < -0.4 is 5.32 Å². The van der Waals surface area contributed by atoms with Gasteiger partial charge in [-0.15, -0.1) is 0 Å². The predicted molar refractivity (Wildman–Crippen MR) is 71.1 cm³/mol. The molecule has 0 aromatic rings.